The van der Waals surface area contributed by atoms with Gasteiger partial charge in [-0.25, -0.2) is 19.9 Å². The minimum atomic E-state index is -4.37. The molecule has 0 saturated carbocycles. The van der Waals surface area contributed by atoms with Gasteiger partial charge >= 0.3 is 6.18 Å². The second kappa shape index (κ2) is 7.98. The Hall–Kier alpha value is -2.49. The highest BCUT2D eigenvalue weighted by Gasteiger charge is 2.30. The lowest BCUT2D eigenvalue weighted by Gasteiger charge is -2.28. The van der Waals surface area contributed by atoms with Crippen LogP contribution in [0.15, 0.2) is 30.5 Å². The second-order valence-electron chi connectivity index (χ2n) is 6.84. The number of alkyl halides is 3. The SMILES string of the molecule is Nc1nc(Cl)c(CN2CCc3nc(-c4ccc(C(F)(F)F)cc4)ncc3C2)c(Cl)n1. The van der Waals surface area contributed by atoms with E-state index >= 15 is 0 Å². The van der Waals surface area contributed by atoms with E-state index in [1.54, 1.807) is 6.20 Å². The highest BCUT2D eigenvalue weighted by Crippen LogP contribution is 2.31. The molecule has 3 aromatic rings. The Morgan fingerprint density at radius 3 is 2.33 bits per heavy atom. The summed E-state index contributed by atoms with van der Waals surface area (Å²) in [6.45, 7) is 1.70. The molecule has 30 heavy (non-hydrogen) atoms. The first-order valence-corrected chi connectivity index (χ1v) is 9.68. The Morgan fingerprint density at radius 2 is 1.70 bits per heavy atom. The Bertz CT molecular complexity index is 1070. The van der Waals surface area contributed by atoms with Gasteiger partial charge in [0.15, 0.2) is 5.82 Å². The molecule has 156 valence electrons. The molecule has 0 saturated heterocycles. The van der Waals surface area contributed by atoms with E-state index in [1.807, 2.05) is 0 Å². The van der Waals surface area contributed by atoms with Crippen LogP contribution < -0.4 is 5.73 Å². The van der Waals surface area contributed by atoms with Crippen LogP contribution in [0.2, 0.25) is 10.3 Å². The van der Waals surface area contributed by atoms with Gasteiger partial charge in [-0.3, -0.25) is 4.90 Å². The average Bonchev–Trinajstić information content (AvgIpc) is 2.69. The number of rotatable bonds is 3. The van der Waals surface area contributed by atoms with E-state index in [4.69, 9.17) is 28.9 Å². The number of nitrogens with two attached hydrogens (primary N) is 1. The Kier molecular flexibility index (Phi) is 5.52. The van der Waals surface area contributed by atoms with E-state index < -0.39 is 11.7 Å². The molecule has 0 unspecified atom stereocenters. The lowest BCUT2D eigenvalue weighted by Crippen LogP contribution is -2.31. The summed E-state index contributed by atoms with van der Waals surface area (Å²) in [6.07, 6.45) is -2.03. The molecule has 2 aromatic heterocycles. The fourth-order valence-corrected chi connectivity index (χ4v) is 3.78. The molecule has 3 heterocycles. The van der Waals surface area contributed by atoms with Crippen LogP contribution in [0.4, 0.5) is 19.1 Å². The molecule has 0 fully saturated rings. The second-order valence-corrected chi connectivity index (χ2v) is 7.56. The van der Waals surface area contributed by atoms with Crippen molar-refractivity contribution < 1.29 is 13.2 Å². The number of hydrogen-bond donors (Lipinski definition) is 1. The number of benzene rings is 1. The van der Waals surface area contributed by atoms with Crippen molar-refractivity contribution in [3.63, 3.8) is 0 Å². The molecule has 0 atom stereocenters. The predicted octanol–water partition coefficient (Wildman–Crippen LogP) is 4.40. The van der Waals surface area contributed by atoms with Crippen molar-refractivity contribution >= 4 is 29.2 Å². The van der Waals surface area contributed by atoms with Crippen LogP contribution in [0.5, 0.6) is 0 Å². The summed E-state index contributed by atoms with van der Waals surface area (Å²) >= 11 is 12.3. The largest absolute Gasteiger partial charge is 0.416 e. The molecule has 2 N–H and O–H groups in total. The average molecular weight is 455 g/mol. The number of fused-ring (bicyclic) bond motifs is 1. The van der Waals surface area contributed by atoms with Crippen LogP contribution >= 0.6 is 23.2 Å². The zero-order valence-corrected chi connectivity index (χ0v) is 16.9. The fraction of sp³-hybridized carbons (Fsp3) is 0.263. The van der Waals surface area contributed by atoms with Gasteiger partial charge in [0.05, 0.1) is 11.3 Å². The van der Waals surface area contributed by atoms with Crippen LogP contribution in [0.1, 0.15) is 22.4 Å². The number of anilines is 1. The molecule has 1 aromatic carbocycles. The van der Waals surface area contributed by atoms with E-state index in [9.17, 15) is 13.2 Å². The molecule has 1 aliphatic rings. The maximum absolute atomic E-state index is 12.7. The number of aromatic nitrogens is 4. The minimum Gasteiger partial charge on any atom is -0.368 e. The molecule has 1 aliphatic heterocycles. The first-order valence-electron chi connectivity index (χ1n) is 8.93. The van der Waals surface area contributed by atoms with Gasteiger partial charge in [0, 0.05) is 48.9 Å². The number of nitrogens with zero attached hydrogens (tertiary/aromatic N) is 5. The van der Waals surface area contributed by atoms with Gasteiger partial charge in [0.2, 0.25) is 5.95 Å². The van der Waals surface area contributed by atoms with Crippen LogP contribution in [0.25, 0.3) is 11.4 Å². The van der Waals surface area contributed by atoms with Gasteiger partial charge in [-0.2, -0.15) is 13.2 Å². The number of hydrogen-bond acceptors (Lipinski definition) is 6. The normalized spacial score (nSPS) is 14.6. The third-order valence-corrected chi connectivity index (χ3v) is 5.41. The highest BCUT2D eigenvalue weighted by atomic mass is 35.5. The lowest BCUT2D eigenvalue weighted by atomic mass is 10.1. The molecule has 0 amide bonds. The summed E-state index contributed by atoms with van der Waals surface area (Å²) < 4.78 is 38.2. The smallest absolute Gasteiger partial charge is 0.368 e. The maximum Gasteiger partial charge on any atom is 0.416 e. The summed E-state index contributed by atoms with van der Waals surface area (Å²) in [4.78, 5) is 18.9. The summed E-state index contributed by atoms with van der Waals surface area (Å²) in [5.74, 6) is 0.413. The van der Waals surface area contributed by atoms with E-state index in [0.717, 1.165) is 23.4 Å². The molecular formula is C19H15Cl2F3N6. The molecule has 0 bridgehead atoms. The van der Waals surface area contributed by atoms with Crippen molar-refractivity contribution in [2.75, 3.05) is 12.3 Å². The van der Waals surface area contributed by atoms with Gasteiger partial charge in [-0.15, -0.1) is 0 Å². The van der Waals surface area contributed by atoms with Gasteiger partial charge in [0.25, 0.3) is 0 Å². The predicted molar refractivity (Wildman–Crippen MR) is 107 cm³/mol. The van der Waals surface area contributed by atoms with Crippen molar-refractivity contribution in [2.45, 2.75) is 25.7 Å². The Balaban J connectivity index is 1.51. The van der Waals surface area contributed by atoms with Crippen molar-refractivity contribution in [1.82, 2.24) is 24.8 Å². The molecule has 4 rings (SSSR count). The zero-order chi connectivity index (χ0) is 21.5. The summed E-state index contributed by atoms with van der Waals surface area (Å²) in [7, 11) is 0. The minimum absolute atomic E-state index is 0.0157. The Morgan fingerprint density at radius 1 is 1.03 bits per heavy atom. The highest BCUT2D eigenvalue weighted by molar-refractivity contribution is 6.34. The molecule has 6 nitrogen and oxygen atoms in total. The molecule has 11 heteroatoms. The van der Waals surface area contributed by atoms with Crippen molar-refractivity contribution in [3.8, 4) is 11.4 Å². The quantitative estimate of drug-likeness (QED) is 0.590. The van der Waals surface area contributed by atoms with E-state index in [1.165, 1.54) is 12.1 Å². The van der Waals surface area contributed by atoms with Crippen LogP contribution in [-0.2, 0) is 25.7 Å². The van der Waals surface area contributed by atoms with Gasteiger partial charge in [-0.05, 0) is 12.1 Å². The molecule has 0 spiro atoms. The van der Waals surface area contributed by atoms with Gasteiger partial charge in [-0.1, -0.05) is 35.3 Å². The third kappa shape index (κ3) is 4.33. The standard InChI is InChI=1S/C19H15Cl2F3N6/c20-15-13(16(21)29-18(25)28-15)9-30-6-5-14-11(8-30)7-26-17(27-14)10-1-3-12(4-2-10)19(22,23)24/h1-4,7H,5-6,8-9H2,(H2,25,28,29). The maximum atomic E-state index is 12.7. The first kappa shape index (κ1) is 20.8. The monoisotopic (exact) mass is 454 g/mol. The van der Waals surface area contributed by atoms with Crippen LogP contribution in [-0.4, -0.2) is 31.4 Å². The summed E-state index contributed by atoms with van der Waals surface area (Å²) in [6, 6.07) is 4.82. The molecular weight excluding hydrogens is 440 g/mol. The topological polar surface area (TPSA) is 80.8 Å². The zero-order valence-electron chi connectivity index (χ0n) is 15.4. The van der Waals surface area contributed by atoms with E-state index in [-0.39, 0.29) is 16.3 Å². The van der Waals surface area contributed by atoms with Gasteiger partial charge < -0.3 is 5.73 Å². The molecule has 0 radical (unpaired) electrons. The van der Waals surface area contributed by atoms with E-state index in [0.29, 0.717) is 43.0 Å². The lowest BCUT2D eigenvalue weighted by molar-refractivity contribution is -0.137. The fourth-order valence-electron chi connectivity index (χ4n) is 3.26. The number of nitrogen functional groups attached to an aromatic ring is 1. The molecule has 0 aliphatic carbocycles. The third-order valence-electron chi connectivity index (χ3n) is 4.79. The first-order chi connectivity index (χ1) is 14.2. The van der Waals surface area contributed by atoms with Crippen LogP contribution in [0.3, 0.4) is 0 Å². The number of halogens is 5. The van der Waals surface area contributed by atoms with Gasteiger partial charge in [0.1, 0.15) is 10.3 Å². The Labute approximate surface area is 179 Å². The van der Waals surface area contributed by atoms with E-state index in [2.05, 4.69) is 24.8 Å². The van der Waals surface area contributed by atoms with Crippen LogP contribution in [0, 0.1) is 0 Å². The summed E-state index contributed by atoms with van der Waals surface area (Å²) in [5, 5.41) is 0.430. The van der Waals surface area contributed by atoms with Crippen molar-refractivity contribution in [1.29, 1.82) is 0 Å². The van der Waals surface area contributed by atoms with Crippen molar-refractivity contribution in [2.24, 2.45) is 0 Å². The summed E-state index contributed by atoms with van der Waals surface area (Å²) in [5.41, 5.74) is 7.76. The van der Waals surface area contributed by atoms with Crippen molar-refractivity contribution in [3.05, 3.63) is 63.2 Å².